The summed E-state index contributed by atoms with van der Waals surface area (Å²) in [5.41, 5.74) is 25.9. The van der Waals surface area contributed by atoms with Gasteiger partial charge in [-0.15, -0.1) is 23.2 Å². The molecule has 0 spiro atoms. The van der Waals surface area contributed by atoms with Crippen LogP contribution >= 0.6 is 23.2 Å². The zero-order chi connectivity index (χ0) is 28.5. The molecule has 42 heavy (non-hydrogen) atoms. The largest absolute Gasteiger partial charge is 0.491 e. The van der Waals surface area contributed by atoms with Crippen LogP contribution in [0.3, 0.4) is 0 Å². The van der Waals surface area contributed by atoms with Crippen molar-refractivity contribution in [2.24, 2.45) is 0 Å². The van der Waals surface area contributed by atoms with Crippen LogP contribution in [0.5, 0.6) is 11.5 Å². The third-order valence-corrected chi connectivity index (χ3v) is 7.23. The lowest BCUT2D eigenvalue weighted by molar-refractivity contribution is 0.300. The molecule has 0 fully saturated rings. The van der Waals surface area contributed by atoms with Crippen LogP contribution in [0.1, 0.15) is 25.7 Å². The first-order chi connectivity index (χ1) is 19.3. The lowest BCUT2D eigenvalue weighted by Gasteiger charge is -2.17. The van der Waals surface area contributed by atoms with Crippen LogP contribution in [0.2, 0.25) is 0 Å². The minimum absolute atomic E-state index is 0. The highest BCUT2D eigenvalue weighted by Crippen LogP contribution is 2.25. The molecule has 2 aliphatic heterocycles. The molecule has 2 radical (unpaired) electrons. The van der Waals surface area contributed by atoms with E-state index >= 15 is 0 Å². The summed E-state index contributed by atoms with van der Waals surface area (Å²) in [7, 11) is 0. The zero-order valence-corrected chi connectivity index (χ0v) is 24.8. The van der Waals surface area contributed by atoms with Crippen LogP contribution < -0.4 is 42.4 Å². The summed E-state index contributed by atoms with van der Waals surface area (Å²) in [6.07, 6.45) is 10.2. The van der Waals surface area contributed by atoms with E-state index in [0.29, 0.717) is 73.4 Å². The summed E-state index contributed by atoms with van der Waals surface area (Å²) < 4.78 is 11.6. The number of benzene rings is 2. The van der Waals surface area contributed by atoms with Crippen molar-refractivity contribution in [3.05, 3.63) is 61.2 Å². The van der Waals surface area contributed by atoms with Gasteiger partial charge in [-0.2, -0.15) is 0 Å². The van der Waals surface area contributed by atoms with E-state index in [-0.39, 0.29) is 21.7 Å². The van der Waals surface area contributed by atoms with Crippen molar-refractivity contribution in [1.29, 1.82) is 0 Å². The van der Waals surface area contributed by atoms with Gasteiger partial charge >= 0.3 is 11.7 Å². The number of nitrogens with two attached hydrogens (primary N) is 4. The second-order valence-corrected chi connectivity index (χ2v) is 10.5. The molecule has 2 atom stereocenters. The van der Waals surface area contributed by atoms with E-state index in [1.807, 2.05) is 22.2 Å². The Kier molecular flexibility index (Phi) is 13.6. The van der Waals surface area contributed by atoms with E-state index in [1.54, 1.807) is 48.8 Å². The number of aliphatic imine (C=N–C) groups is 2. The molecule has 2 aliphatic rings. The highest BCUT2D eigenvalue weighted by molar-refractivity contribution is 6.33. The molecule has 0 aliphatic carbocycles. The van der Waals surface area contributed by atoms with Crippen molar-refractivity contribution >= 4 is 57.6 Å². The van der Waals surface area contributed by atoms with Crippen molar-refractivity contribution in [2.75, 3.05) is 49.2 Å². The Hall–Kier alpha value is -3.84. The van der Waals surface area contributed by atoms with Crippen LogP contribution in [-0.2, 0) is 0 Å². The molecule has 2 unspecified atom stereocenters. The first-order valence-electron chi connectivity index (χ1n) is 13.2. The van der Waals surface area contributed by atoms with Crippen LogP contribution in [0.15, 0.2) is 61.2 Å². The average Bonchev–Trinajstić information content (AvgIpc) is 3.61. The zero-order valence-electron chi connectivity index (χ0n) is 23.3. The third-order valence-electron chi connectivity index (χ3n) is 6.41. The summed E-state index contributed by atoms with van der Waals surface area (Å²) >= 11 is 13.5. The van der Waals surface area contributed by atoms with E-state index < -0.39 is 0 Å². The fourth-order valence-electron chi connectivity index (χ4n) is 4.32. The molecular weight excluding hydrogens is 583 g/mol. The quantitative estimate of drug-likeness (QED) is 0.129. The normalized spacial score (nSPS) is 15.0. The number of rotatable bonds is 15. The molecule has 12 N–H and O–H groups in total. The first kappa shape index (κ1) is 34.4. The van der Waals surface area contributed by atoms with Gasteiger partial charge in [0.15, 0.2) is 12.4 Å². The molecule has 0 amide bonds. The molecule has 0 bridgehead atoms. The molecule has 2 aromatic rings. The van der Waals surface area contributed by atoms with E-state index in [1.165, 1.54) is 0 Å². The topological polar surface area (TPSA) is 220 Å². The fourth-order valence-corrected chi connectivity index (χ4v) is 4.93. The number of hydrogen-bond donors (Lipinski definition) is 4. The Balaban J connectivity index is 0.00000308. The molecular formula is C28H40Cl2N8O4+2. The number of nitrogen functional groups attached to an aromatic ring is 4. The molecule has 2 heterocycles. The van der Waals surface area contributed by atoms with Crippen LogP contribution in [0, 0.1) is 0 Å². The van der Waals surface area contributed by atoms with Gasteiger partial charge in [0.05, 0.1) is 37.7 Å². The number of ether oxygens (including phenoxy) is 2. The van der Waals surface area contributed by atoms with Gasteiger partial charge in [0, 0.05) is 36.3 Å². The molecule has 0 saturated carbocycles. The number of anilines is 4. The molecule has 4 rings (SSSR count). The molecule has 0 saturated heterocycles. The highest BCUT2D eigenvalue weighted by Gasteiger charge is 2.35. The van der Waals surface area contributed by atoms with Gasteiger partial charge in [0.1, 0.15) is 34.7 Å². The smallest absolute Gasteiger partial charge is 0.316 e. The monoisotopic (exact) mass is 622 g/mol. The minimum atomic E-state index is -0.290. The maximum atomic E-state index is 6.76. The standard InChI is InChI=1S/C28H36Cl2N8O2.2H2O/c29-21(27-35-9-13-37(27)11-1-15-39-25-17-19(31)3-7-23(25)33)5-6-22(30)28-36-10-14-38(28)12-2-16-40-26-18-20(32)4-8-24(26)34;;/h3-4,7-10,13-14,17-18,21-22H,1-2,5-6,11-12,15-16,31-34H2;2*1H2/q+2;;. The van der Waals surface area contributed by atoms with E-state index in [4.69, 9.17) is 55.6 Å². The van der Waals surface area contributed by atoms with Crippen LogP contribution in [-0.4, -0.2) is 69.5 Å². The lowest BCUT2D eigenvalue weighted by atomic mass is 10.1. The Morgan fingerprint density at radius 1 is 0.667 bits per heavy atom. The number of alkyl halides is 2. The summed E-state index contributed by atoms with van der Waals surface area (Å²) in [5, 5.41) is -0.579. The fraction of sp³-hybridized carbons (Fsp3) is 0.357. The SMILES string of the molecule is Nc1ccc(N)c(OCCCN2C=C[N+]=C2C(Cl)CCC(Cl)C2=[N+]C=CN2CCCOc2cc(N)ccc2N)c1.O.O. The van der Waals surface area contributed by atoms with Crippen molar-refractivity contribution in [3.63, 3.8) is 0 Å². The maximum Gasteiger partial charge on any atom is 0.316 e. The Labute approximate surface area is 255 Å². The van der Waals surface area contributed by atoms with Gasteiger partial charge in [-0.05, 0) is 47.1 Å². The van der Waals surface area contributed by atoms with Gasteiger partial charge in [-0.3, -0.25) is 0 Å². The molecule has 2 aromatic carbocycles. The van der Waals surface area contributed by atoms with Gasteiger partial charge in [-0.1, -0.05) is 0 Å². The number of nitrogens with zero attached hydrogens (tertiary/aromatic N) is 4. The summed E-state index contributed by atoms with van der Waals surface area (Å²) in [5.74, 6) is 2.78. The highest BCUT2D eigenvalue weighted by atomic mass is 35.5. The number of halogens is 2. The lowest BCUT2D eigenvalue weighted by Crippen LogP contribution is -2.37. The van der Waals surface area contributed by atoms with Crippen molar-refractivity contribution in [3.8, 4) is 11.5 Å². The van der Waals surface area contributed by atoms with Gasteiger partial charge < -0.3 is 43.4 Å². The van der Waals surface area contributed by atoms with Gasteiger partial charge in [-0.25, -0.2) is 9.80 Å². The minimum Gasteiger partial charge on any atom is -0.491 e. The summed E-state index contributed by atoms with van der Waals surface area (Å²) in [6.45, 7) is 2.39. The molecule has 0 aromatic heterocycles. The number of hydrogen-bond acceptors (Lipinski definition) is 10. The second kappa shape index (κ2) is 16.6. The first-order valence-corrected chi connectivity index (χ1v) is 14.0. The van der Waals surface area contributed by atoms with Crippen LogP contribution in [0.25, 0.3) is 0 Å². The second-order valence-electron chi connectivity index (χ2n) is 9.47. The molecule has 228 valence electrons. The van der Waals surface area contributed by atoms with E-state index in [9.17, 15) is 0 Å². The van der Waals surface area contributed by atoms with Crippen molar-refractivity contribution < 1.29 is 20.4 Å². The van der Waals surface area contributed by atoms with Crippen molar-refractivity contribution in [2.45, 2.75) is 36.4 Å². The molecule has 12 nitrogen and oxygen atoms in total. The van der Waals surface area contributed by atoms with Gasteiger partial charge in [0.25, 0.3) is 0 Å². The van der Waals surface area contributed by atoms with Crippen molar-refractivity contribution in [1.82, 2.24) is 19.8 Å². The maximum absolute atomic E-state index is 6.76. The third kappa shape index (κ3) is 9.35. The predicted molar refractivity (Wildman–Crippen MR) is 172 cm³/mol. The predicted octanol–water partition coefficient (Wildman–Crippen LogP) is 1.64. The van der Waals surface area contributed by atoms with E-state index in [2.05, 4.69) is 9.98 Å². The Morgan fingerprint density at radius 3 is 1.48 bits per heavy atom. The molecule has 14 heteroatoms. The van der Waals surface area contributed by atoms with Gasteiger partial charge in [0.2, 0.25) is 0 Å². The van der Waals surface area contributed by atoms with E-state index in [0.717, 1.165) is 24.5 Å². The average molecular weight is 624 g/mol. The Bertz CT molecular complexity index is 1190. The number of amidine groups is 2. The Morgan fingerprint density at radius 2 is 1.07 bits per heavy atom. The van der Waals surface area contributed by atoms with Crippen LogP contribution in [0.4, 0.5) is 22.7 Å². The summed E-state index contributed by atoms with van der Waals surface area (Å²) in [4.78, 5) is 13.1. The summed E-state index contributed by atoms with van der Waals surface area (Å²) in [6, 6.07) is 10.4.